The van der Waals surface area contributed by atoms with Crippen molar-refractivity contribution in [3.05, 3.63) is 66.1 Å². The molecule has 1 saturated heterocycles. The molecule has 1 aromatic carbocycles. The first-order valence-corrected chi connectivity index (χ1v) is 13.7. The summed E-state index contributed by atoms with van der Waals surface area (Å²) in [6.45, 7) is 7.08. The van der Waals surface area contributed by atoms with Gasteiger partial charge in [-0.3, -0.25) is 10.1 Å². The number of hydrogen-bond acceptors (Lipinski definition) is 9. The summed E-state index contributed by atoms with van der Waals surface area (Å²) >= 11 is 0. The Bertz CT molecular complexity index is 1280. The van der Waals surface area contributed by atoms with Gasteiger partial charge in [0.05, 0.1) is 11.3 Å². The molecule has 2 fully saturated rings. The summed E-state index contributed by atoms with van der Waals surface area (Å²) in [5.41, 5.74) is 2.09. The topological polar surface area (TPSA) is 134 Å². The molecule has 0 spiro atoms. The summed E-state index contributed by atoms with van der Waals surface area (Å²) < 4.78 is 10.4. The Morgan fingerprint density at radius 1 is 1.07 bits per heavy atom. The quantitative estimate of drug-likeness (QED) is 0.402. The predicted molar refractivity (Wildman–Crippen MR) is 146 cm³/mol. The zero-order chi connectivity index (χ0) is 28.3. The van der Waals surface area contributed by atoms with Crippen LogP contribution in [0.3, 0.4) is 0 Å². The lowest BCUT2D eigenvalue weighted by molar-refractivity contribution is 0.0142. The Hall–Kier alpha value is -3.83. The van der Waals surface area contributed by atoms with Crippen molar-refractivity contribution in [2.24, 2.45) is 0 Å². The molecule has 0 bridgehead atoms. The molecule has 1 unspecified atom stereocenters. The molecule has 2 aromatic heterocycles. The fourth-order valence-corrected chi connectivity index (χ4v) is 4.83. The maximum Gasteiger partial charge on any atom is 0.410 e. The zero-order valence-corrected chi connectivity index (χ0v) is 23.1. The van der Waals surface area contributed by atoms with Crippen LogP contribution in [-0.4, -0.2) is 72.6 Å². The smallest absolute Gasteiger partial charge is 0.410 e. The van der Waals surface area contributed by atoms with Gasteiger partial charge in [0.2, 0.25) is 0 Å². The van der Waals surface area contributed by atoms with Gasteiger partial charge in [-0.1, -0.05) is 24.3 Å². The van der Waals surface area contributed by atoms with Crippen molar-refractivity contribution in [2.75, 3.05) is 13.1 Å². The third-order valence-electron chi connectivity index (χ3n) is 7.03. The molecule has 1 aliphatic heterocycles. The number of aliphatic hydroxyl groups excluding tert-OH is 1. The monoisotopic (exact) mass is 548 g/mol. The molecule has 11 nitrogen and oxygen atoms in total. The van der Waals surface area contributed by atoms with E-state index in [1.165, 1.54) is 12.7 Å². The SMILES string of the molecule is CC(C)(C)OC(=O)N1CCC(N(C(=O)c2cnc(-c3ccc(C(O)NCc4cocn4)cc3)nc2)C2CC2)CC1. The zero-order valence-electron chi connectivity index (χ0n) is 23.1. The Labute approximate surface area is 233 Å². The van der Waals surface area contributed by atoms with Crippen LogP contribution in [0.25, 0.3) is 11.4 Å². The highest BCUT2D eigenvalue weighted by molar-refractivity contribution is 5.94. The number of carbonyl (C=O) groups is 2. The summed E-state index contributed by atoms with van der Waals surface area (Å²) in [4.78, 5) is 42.7. The van der Waals surface area contributed by atoms with Gasteiger partial charge in [0.25, 0.3) is 5.91 Å². The summed E-state index contributed by atoms with van der Waals surface area (Å²) in [6.07, 6.45) is 8.27. The number of nitrogens with zero attached hydrogens (tertiary/aromatic N) is 5. The third kappa shape index (κ3) is 6.83. The molecule has 0 radical (unpaired) electrons. The van der Waals surface area contributed by atoms with Crippen LogP contribution in [0, 0.1) is 0 Å². The van der Waals surface area contributed by atoms with Crippen molar-refractivity contribution in [1.29, 1.82) is 0 Å². The summed E-state index contributed by atoms with van der Waals surface area (Å²) in [6, 6.07) is 7.56. The van der Waals surface area contributed by atoms with Crippen molar-refractivity contribution in [1.82, 2.24) is 30.1 Å². The van der Waals surface area contributed by atoms with E-state index in [1.807, 2.05) is 37.8 Å². The number of carbonyl (C=O) groups excluding carboxylic acids is 2. The number of nitrogens with one attached hydrogen (secondary N) is 1. The van der Waals surface area contributed by atoms with Crippen molar-refractivity contribution >= 4 is 12.0 Å². The van der Waals surface area contributed by atoms with Crippen LogP contribution in [0.4, 0.5) is 4.79 Å². The lowest BCUT2D eigenvalue weighted by Crippen LogP contribution is -2.50. The number of amides is 2. The van der Waals surface area contributed by atoms with E-state index >= 15 is 0 Å². The summed E-state index contributed by atoms with van der Waals surface area (Å²) in [5.74, 6) is 0.429. The molecule has 1 aliphatic carbocycles. The number of likely N-dealkylation sites (tertiary alicyclic amines) is 1. The minimum Gasteiger partial charge on any atom is -0.451 e. The second-order valence-electron chi connectivity index (χ2n) is 11.3. The lowest BCUT2D eigenvalue weighted by Gasteiger charge is -2.39. The van der Waals surface area contributed by atoms with E-state index in [0.717, 1.165) is 18.4 Å². The van der Waals surface area contributed by atoms with E-state index in [1.54, 1.807) is 29.4 Å². The first-order chi connectivity index (χ1) is 19.2. The minimum atomic E-state index is -0.865. The highest BCUT2D eigenvalue weighted by Gasteiger charge is 2.40. The molecule has 11 heteroatoms. The first-order valence-electron chi connectivity index (χ1n) is 13.7. The maximum absolute atomic E-state index is 13.5. The van der Waals surface area contributed by atoms with Gasteiger partial charge in [0.15, 0.2) is 12.2 Å². The molecule has 2 aliphatic rings. The second-order valence-corrected chi connectivity index (χ2v) is 11.3. The molecular formula is C29H36N6O5. The fraction of sp³-hybridized carbons (Fsp3) is 0.483. The van der Waals surface area contributed by atoms with E-state index in [4.69, 9.17) is 9.15 Å². The number of rotatable bonds is 8. The average Bonchev–Trinajstić information content (AvgIpc) is 3.64. The van der Waals surface area contributed by atoms with Gasteiger partial charge in [-0.25, -0.2) is 19.7 Å². The maximum atomic E-state index is 13.5. The van der Waals surface area contributed by atoms with Gasteiger partial charge < -0.3 is 24.1 Å². The Kier molecular flexibility index (Phi) is 8.13. The molecule has 2 amide bonds. The molecule has 5 rings (SSSR count). The van der Waals surface area contributed by atoms with Crippen LogP contribution < -0.4 is 5.32 Å². The van der Waals surface area contributed by atoms with Gasteiger partial charge >= 0.3 is 6.09 Å². The fourth-order valence-electron chi connectivity index (χ4n) is 4.83. The Balaban J connectivity index is 1.19. The largest absolute Gasteiger partial charge is 0.451 e. The third-order valence-corrected chi connectivity index (χ3v) is 7.03. The second kappa shape index (κ2) is 11.7. The van der Waals surface area contributed by atoms with Crippen LogP contribution in [0.15, 0.2) is 53.7 Å². The van der Waals surface area contributed by atoms with Crippen LogP contribution in [0.1, 0.15) is 74.3 Å². The Morgan fingerprint density at radius 3 is 2.30 bits per heavy atom. The standard InChI is InChI=1S/C29H36N6O5/c1-29(2,3)40-28(38)34-12-10-24(11-13-34)35(23-8-9-23)27(37)21-14-30-25(31-15-21)19-4-6-20(7-5-19)26(36)32-16-22-17-39-18-33-22/h4-7,14-15,17-18,23-24,26,32,36H,8-13,16H2,1-3H3. The number of benzene rings is 1. The van der Waals surface area contributed by atoms with Crippen molar-refractivity contribution in [3.63, 3.8) is 0 Å². The van der Waals surface area contributed by atoms with Gasteiger partial charge in [0.1, 0.15) is 18.1 Å². The van der Waals surface area contributed by atoms with Gasteiger partial charge in [0, 0.05) is 49.7 Å². The van der Waals surface area contributed by atoms with E-state index in [2.05, 4.69) is 20.3 Å². The predicted octanol–water partition coefficient (Wildman–Crippen LogP) is 3.92. The lowest BCUT2D eigenvalue weighted by atomic mass is 10.0. The average molecular weight is 549 g/mol. The molecule has 40 heavy (non-hydrogen) atoms. The summed E-state index contributed by atoms with van der Waals surface area (Å²) in [7, 11) is 0. The van der Waals surface area contributed by atoms with Gasteiger partial charge in [-0.15, -0.1) is 0 Å². The molecule has 2 N–H and O–H groups in total. The molecular weight excluding hydrogens is 512 g/mol. The highest BCUT2D eigenvalue weighted by Crippen LogP contribution is 2.33. The number of oxazole rings is 1. The summed E-state index contributed by atoms with van der Waals surface area (Å²) in [5, 5.41) is 13.4. The molecule has 3 heterocycles. The Morgan fingerprint density at radius 2 is 1.73 bits per heavy atom. The van der Waals surface area contributed by atoms with Crippen LogP contribution in [0.2, 0.25) is 0 Å². The number of aromatic nitrogens is 3. The van der Waals surface area contributed by atoms with Gasteiger partial charge in [-0.2, -0.15) is 0 Å². The molecule has 1 saturated carbocycles. The normalized spacial score (nSPS) is 16.9. The number of piperidine rings is 1. The van der Waals surface area contributed by atoms with Gasteiger partial charge in [-0.05, 0) is 52.0 Å². The molecule has 3 aromatic rings. The molecule has 1 atom stereocenters. The number of ether oxygens (including phenoxy) is 1. The van der Waals surface area contributed by atoms with Crippen LogP contribution >= 0.6 is 0 Å². The van der Waals surface area contributed by atoms with Crippen molar-refractivity contribution < 1.29 is 23.8 Å². The van der Waals surface area contributed by atoms with Crippen LogP contribution in [-0.2, 0) is 11.3 Å². The minimum absolute atomic E-state index is 0.0650. The number of hydrogen-bond donors (Lipinski definition) is 2. The van der Waals surface area contributed by atoms with Crippen molar-refractivity contribution in [3.8, 4) is 11.4 Å². The van der Waals surface area contributed by atoms with E-state index in [-0.39, 0.29) is 24.1 Å². The number of aliphatic hydroxyl groups is 1. The van der Waals surface area contributed by atoms with Crippen molar-refractivity contribution in [2.45, 2.75) is 76.9 Å². The van der Waals surface area contributed by atoms with E-state index < -0.39 is 11.8 Å². The highest BCUT2D eigenvalue weighted by atomic mass is 16.6. The van der Waals surface area contributed by atoms with Crippen LogP contribution in [0.5, 0.6) is 0 Å². The first kappa shape index (κ1) is 27.7. The molecule has 212 valence electrons. The van der Waals surface area contributed by atoms with E-state index in [0.29, 0.717) is 55.1 Å². The van der Waals surface area contributed by atoms with E-state index in [9.17, 15) is 14.7 Å².